The third kappa shape index (κ3) is 6.27. The van der Waals surface area contributed by atoms with Crippen molar-refractivity contribution in [2.45, 2.75) is 45.2 Å². The molecular formula is C31H28Cl2N2O4. The van der Waals surface area contributed by atoms with Gasteiger partial charge in [0.15, 0.2) is 0 Å². The first-order valence-electron chi connectivity index (χ1n) is 12.6. The Kier molecular flexibility index (Phi) is 8.96. The number of anilines is 1. The van der Waals surface area contributed by atoms with Crippen molar-refractivity contribution in [3.63, 3.8) is 0 Å². The number of nitrogens with zero attached hydrogens (tertiary/aromatic N) is 2. The minimum absolute atomic E-state index is 0.000809. The Labute approximate surface area is 238 Å². The van der Waals surface area contributed by atoms with Crippen LogP contribution >= 0.6 is 23.2 Å². The molecule has 1 heterocycles. The summed E-state index contributed by atoms with van der Waals surface area (Å²) in [7, 11) is 0. The maximum atomic E-state index is 14.4. The number of carboxylic acids is 1. The van der Waals surface area contributed by atoms with E-state index in [0.29, 0.717) is 45.3 Å². The summed E-state index contributed by atoms with van der Waals surface area (Å²) >= 11 is 12.3. The number of aliphatic carboxylic acids is 1. The number of carbonyl (C=O) groups is 3. The van der Waals surface area contributed by atoms with Gasteiger partial charge in [0.1, 0.15) is 6.04 Å². The number of carbonyl (C=O) groups excluding carboxylic acids is 2. The second-order valence-corrected chi connectivity index (χ2v) is 10.2. The number of benzene rings is 3. The molecule has 0 bridgehead atoms. The van der Waals surface area contributed by atoms with Crippen molar-refractivity contribution in [3.05, 3.63) is 99.0 Å². The van der Waals surface area contributed by atoms with Gasteiger partial charge in [-0.2, -0.15) is 0 Å². The number of fused-ring (bicyclic) bond motifs is 1. The average molecular weight is 563 g/mol. The summed E-state index contributed by atoms with van der Waals surface area (Å²) in [6.07, 6.45) is 0.861. The third-order valence-corrected chi connectivity index (χ3v) is 7.28. The molecule has 200 valence electrons. The summed E-state index contributed by atoms with van der Waals surface area (Å²) in [4.78, 5) is 43.1. The monoisotopic (exact) mass is 562 g/mol. The second-order valence-electron chi connectivity index (χ2n) is 9.34. The molecule has 6 nitrogen and oxygen atoms in total. The molecule has 39 heavy (non-hydrogen) atoms. The molecule has 1 aliphatic heterocycles. The zero-order chi connectivity index (χ0) is 28.1. The van der Waals surface area contributed by atoms with E-state index in [1.54, 1.807) is 71.3 Å². The van der Waals surface area contributed by atoms with E-state index in [1.165, 1.54) is 0 Å². The Bertz CT molecular complexity index is 1440. The average Bonchev–Trinajstić information content (AvgIpc) is 3.00. The summed E-state index contributed by atoms with van der Waals surface area (Å²) in [5, 5.41) is 10.2. The summed E-state index contributed by atoms with van der Waals surface area (Å²) in [6, 6.07) is 17.9. The molecular weight excluding hydrogens is 535 g/mol. The largest absolute Gasteiger partial charge is 0.481 e. The van der Waals surface area contributed by atoms with Crippen LogP contribution in [0.3, 0.4) is 0 Å². The van der Waals surface area contributed by atoms with E-state index in [-0.39, 0.29) is 24.8 Å². The van der Waals surface area contributed by atoms with Crippen LogP contribution in [0.1, 0.15) is 72.2 Å². The molecule has 2 unspecified atom stereocenters. The predicted octanol–water partition coefficient (Wildman–Crippen LogP) is 6.91. The summed E-state index contributed by atoms with van der Waals surface area (Å²) in [5.74, 6) is 4.38. The number of hydrogen-bond donors (Lipinski definition) is 1. The van der Waals surface area contributed by atoms with Crippen molar-refractivity contribution in [3.8, 4) is 11.8 Å². The fraction of sp³-hybridized carbons (Fsp3) is 0.258. The van der Waals surface area contributed by atoms with Gasteiger partial charge in [-0.3, -0.25) is 14.4 Å². The van der Waals surface area contributed by atoms with Crippen molar-refractivity contribution >= 4 is 46.7 Å². The lowest BCUT2D eigenvalue weighted by molar-refractivity contribution is -0.137. The molecule has 0 radical (unpaired) electrons. The number of carboxylic acid groups (broad SMARTS) is 1. The van der Waals surface area contributed by atoms with Crippen LogP contribution in [0.25, 0.3) is 0 Å². The number of amides is 2. The molecule has 2 amide bonds. The van der Waals surface area contributed by atoms with Gasteiger partial charge < -0.3 is 14.9 Å². The lowest BCUT2D eigenvalue weighted by Crippen LogP contribution is -2.44. The van der Waals surface area contributed by atoms with Crippen LogP contribution in [0.5, 0.6) is 0 Å². The molecule has 0 aliphatic carbocycles. The zero-order valence-corrected chi connectivity index (χ0v) is 23.2. The van der Waals surface area contributed by atoms with Crippen molar-refractivity contribution < 1.29 is 19.5 Å². The molecule has 1 aliphatic rings. The molecule has 0 aromatic heterocycles. The van der Waals surface area contributed by atoms with Gasteiger partial charge in [-0.15, -0.1) is 5.92 Å². The van der Waals surface area contributed by atoms with E-state index < -0.39 is 18.1 Å². The molecule has 2 atom stereocenters. The van der Waals surface area contributed by atoms with Gasteiger partial charge in [-0.25, -0.2) is 0 Å². The van der Waals surface area contributed by atoms with Gasteiger partial charge in [0, 0.05) is 28.6 Å². The second kappa shape index (κ2) is 12.4. The van der Waals surface area contributed by atoms with Crippen LogP contribution in [0.15, 0.2) is 66.7 Å². The van der Waals surface area contributed by atoms with Crippen LogP contribution in [-0.2, 0) is 9.59 Å². The fourth-order valence-electron chi connectivity index (χ4n) is 4.83. The standard InChI is InChI=1S/C31H28Cl2N2O4/c1-3-6-21-8-17-27-26(19-21)30(38)35(20(2)22-9-13-24(32)14-10-22)29(23-11-15-25(33)16-12-23)31(39)34(27)18-5-4-7-28(36)37/h8-17,19-20,29H,4-5,7,18H2,1-2H3,(H,36,37). The lowest BCUT2D eigenvalue weighted by atomic mass is 9.98. The predicted molar refractivity (Wildman–Crippen MR) is 153 cm³/mol. The van der Waals surface area contributed by atoms with Crippen LogP contribution in [-0.4, -0.2) is 34.3 Å². The normalized spacial score (nSPS) is 15.7. The molecule has 4 rings (SSSR count). The quantitative estimate of drug-likeness (QED) is 0.239. The zero-order valence-electron chi connectivity index (χ0n) is 21.7. The topological polar surface area (TPSA) is 77.9 Å². The van der Waals surface area contributed by atoms with Crippen LogP contribution in [0.2, 0.25) is 10.0 Å². The summed E-state index contributed by atoms with van der Waals surface area (Å²) < 4.78 is 0. The van der Waals surface area contributed by atoms with Gasteiger partial charge in [0.05, 0.1) is 17.3 Å². The van der Waals surface area contributed by atoms with Crippen LogP contribution < -0.4 is 4.90 Å². The Morgan fingerprint density at radius 3 is 2.23 bits per heavy atom. The van der Waals surface area contributed by atoms with Gasteiger partial charge in [0.2, 0.25) is 0 Å². The molecule has 0 saturated heterocycles. The van der Waals surface area contributed by atoms with Crippen molar-refractivity contribution in [1.29, 1.82) is 0 Å². The number of hydrogen-bond acceptors (Lipinski definition) is 3. The summed E-state index contributed by atoms with van der Waals surface area (Å²) in [5.41, 5.74) is 2.94. The van der Waals surface area contributed by atoms with E-state index in [4.69, 9.17) is 28.3 Å². The highest BCUT2D eigenvalue weighted by Crippen LogP contribution is 2.40. The number of rotatable bonds is 8. The van der Waals surface area contributed by atoms with Crippen molar-refractivity contribution in [2.24, 2.45) is 0 Å². The molecule has 3 aromatic rings. The number of halogens is 2. The minimum Gasteiger partial charge on any atom is -0.481 e. The van der Waals surface area contributed by atoms with Gasteiger partial charge in [-0.1, -0.05) is 53.4 Å². The SMILES string of the molecule is CC#Cc1ccc2c(c1)C(=O)N(C(C)c1ccc(Cl)cc1)C(c1ccc(Cl)cc1)C(=O)N2CCCCC(=O)O. The molecule has 8 heteroatoms. The van der Waals surface area contributed by atoms with Gasteiger partial charge in [0.25, 0.3) is 11.8 Å². The minimum atomic E-state index is -0.951. The summed E-state index contributed by atoms with van der Waals surface area (Å²) in [6.45, 7) is 3.87. The molecule has 3 aromatic carbocycles. The first kappa shape index (κ1) is 28.2. The van der Waals surface area contributed by atoms with Gasteiger partial charge >= 0.3 is 5.97 Å². The van der Waals surface area contributed by atoms with E-state index in [9.17, 15) is 14.4 Å². The maximum absolute atomic E-state index is 14.4. The van der Waals surface area contributed by atoms with Crippen molar-refractivity contribution in [1.82, 2.24) is 4.90 Å². The molecule has 1 N–H and O–H groups in total. The highest BCUT2D eigenvalue weighted by molar-refractivity contribution is 6.30. The highest BCUT2D eigenvalue weighted by atomic mass is 35.5. The first-order valence-corrected chi connectivity index (χ1v) is 13.4. The highest BCUT2D eigenvalue weighted by Gasteiger charge is 2.42. The number of unbranched alkanes of at least 4 members (excludes halogenated alkanes) is 1. The fourth-order valence-corrected chi connectivity index (χ4v) is 5.08. The Morgan fingerprint density at radius 1 is 0.974 bits per heavy atom. The van der Waals surface area contributed by atoms with Crippen LogP contribution in [0.4, 0.5) is 5.69 Å². The smallest absolute Gasteiger partial charge is 0.303 e. The first-order chi connectivity index (χ1) is 18.7. The van der Waals surface area contributed by atoms with E-state index in [2.05, 4.69) is 11.8 Å². The van der Waals surface area contributed by atoms with Gasteiger partial charge in [-0.05, 0) is 80.3 Å². The molecule has 0 fully saturated rings. The van der Waals surface area contributed by atoms with Crippen molar-refractivity contribution in [2.75, 3.05) is 11.4 Å². The Morgan fingerprint density at radius 2 is 1.62 bits per heavy atom. The van der Waals surface area contributed by atoms with Crippen LogP contribution in [0, 0.1) is 11.8 Å². The maximum Gasteiger partial charge on any atom is 0.303 e. The van der Waals surface area contributed by atoms with E-state index in [0.717, 1.165) is 5.56 Å². The Hall–Kier alpha value is -3.79. The molecule has 0 spiro atoms. The lowest BCUT2D eigenvalue weighted by Gasteiger charge is -2.36. The Balaban J connectivity index is 1.89. The third-order valence-electron chi connectivity index (χ3n) is 6.78. The van der Waals surface area contributed by atoms with E-state index in [1.807, 2.05) is 19.1 Å². The molecule has 0 saturated carbocycles. The van der Waals surface area contributed by atoms with E-state index >= 15 is 0 Å².